The highest BCUT2D eigenvalue weighted by molar-refractivity contribution is 5.90. The number of hydrogen-bond acceptors (Lipinski definition) is 4. The largest absolute Gasteiger partial charge is 0.462 e. The molecular formula is C13H12F3N3O2. The molecule has 0 amide bonds. The van der Waals surface area contributed by atoms with Crippen LogP contribution in [0.25, 0.3) is 5.69 Å². The fourth-order valence-electron chi connectivity index (χ4n) is 1.83. The van der Waals surface area contributed by atoms with E-state index < -0.39 is 23.4 Å². The van der Waals surface area contributed by atoms with Gasteiger partial charge in [0.2, 0.25) is 0 Å². The molecule has 0 bridgehead atoms. The lowest BCUT2D eigenvalue weighted by molar-refractivity contribution is -0.143. The van der Waals surface area contributed by atoms with E-state index in [0.717, 1.165) is 6.20 Å². The Morgan fingerprint density at radius 2 is 2.05 bits per heavy atom. The van der Waals surface area contributed by atoms with Gasteiger partial charge < -0.3 is 4.74 Å². The van der Waals surface area contributed by atoms with Crippen LogP contribution in [-0.4, -0.2) is 27.3 Å². The molecule has 0 saturated heterocycles. The Labute approximate surface area is 118 Å². The highest BCUT2D eigenvalue weighted by Crippen LogP contribution is 2.33. The highest BCUT2D eigenvalue weighted by atomic mass is 19.4. The smallest absolute Gasteiger partial charge is 0.434 e. The standard InChI is InChI=1S/C13H12F3N3O2/c1-3-21-12(20)10-7-18-19(11(10)13(14,15)16)9-4-8(2)5-17-6-9/h4-7H,3H2,1-2H3. The maximum atomic E-state index is 13.2. The molecular weight excluding hydrogens is 287 g/mol. The van der Waals surface area contributed by atoms with Crippen LogP contribution in [0.3, 0.4) is 0 Å². The van der Waals surface area contributed by atoms with Crippen molar-refractivity contribution in [1.29, 1.82) is 0 Å². The molecule has 0 aliphatic rings. The summed E-state index contributed by atoms with van der Waals surface area (Å²) in [7, 11) is 0. The van der Waals surface area contributed by atoms with Crippen LogP contribution < -0.4 is 0 Å². The van der Waals surface area contributed by atoms with E-state index >= 15 is 0 Å². The van der Waals surface area contributed by atoms with Crippen molar-refractivity contribution >= 4 is 5.97 Å². The van der Waals surface area contributed by atoms with Gasteiger partial charge in [-0.15, -0.1) is 0 Å². The predicted molar refractivity (Wildman–Crippen MR) is 67.1 cm³/mol. The van der Waals surface area contributed by atoms with Gasteiger partial charge in [-0.2, -0.15) is 18.3 Å². The Balaban J connectivity index is 2.60. The predicted octanol–water partition coefficient (Wildman–Crippen LogP) is 2.77. The molecule has 0 radical (unpaired) electrons. The fraction of sp³-hybridized carbons (Fsp3) is 0.308. The van der Waals surface area contributed by atoms with E-state index in [-0.39, 0.29) is 12.3 Å². The van der Waals surface area contributed by atoms with Crippen LogP contribution in [0.4, 0.5) is 13.2 Å². The minimum absolute atomic E-state index is 0.0205. The van der Waals surface area contributed by atoms with Crippen molar-refractivity contribution in [2.45, 2.75) is 20.0 Å². The van der Waals surface area contributed by atoms with Gasteiger partial charge in [-0.3, -0.25) is 4.98 Å². The Morgan fingerprint density at radius 3 is 2.62 bits per heavy atom. The molecule has 0 atom stereocenters. The summed E-state index contributed by atoms with van der Waals surface area (Å²) in [5.41, 5.74) is -0.995. The fourth-order valence-corrected chi connectivity index (χ4v) is 1.83. The molecule has 21 heavy (non-hydrogen) atoms. The Bertz CT molecular complexity index is 665. The first-order chi connectivity index (χ1) is 9.84. The first-order valence-corrected chi connectivity index (χ1v) is 6.09. The normalized spacial score (nSPS) is 11.5. The topological polar surface area (TPSA) is 57.0 Å². The van der Waals surface area contributed by atoms with Gasteiger partial charge in [-0.1, -0.05) is 0 Å². The second kappa shape index (κ2) is 5.55. The minimum Gasteiger partial charge on any atom is -0.462 e. The van der Waals surface area contributed by atoms with Gasteiger partial charge in [0.1, 0.15) is 5.56 Å². The number of hydrogen-bond donors (Lipinski definition) is 0. The molecule has 0 unspecified atom stereocenters. The van der Waals surface area contributed by atoms with E-state index in [1.54, 1.807) is 6.92 Å². The van der Waals surface area contributed by atoms with Gasteiger partial charge in [-0.05, 0) is 25.5 Å². The number of ether oxygens (including phenoxy) is 1. The number of alkyl halides is 3. The molecule has 2 heterocycles. The summed E-state index contributed by atoms with van der Waals surface area (Å²) in [5, 5.41) is 3.65. The zero-order valence-electron chi connectivity index (χ0n) is 11.3. The van der Waals surface area contributed by atoms with E-state index in [0.29, 0.717) is 10.2 Å². The summed E-state index contributed by atoms with van der Waals surface area (Å²) in [5.74, 6) is -1.06. The first-order valence-electron chi connectivity index (χ1n) is 6.09. The monoisotopic (exact) mass is 299 g/mol. The number of esters is 1. The van der Waals surface area contributed by atoms with E-state index in [1.165, 1.54) is 25.4 Å². The average Bonchev–Trinajstić information content (AvgIpc) is 2.83. The molecule has 0 spiro atoms. The van der Waals surface area contributed by atoms with Gasteiger partial charge in [0.15, 0.2) is 5.69 Å². The number of halogens is 3. The highest BCUT2D eigenvalue weighted by Gasteiger charge is 2.41. The number of nitrogens with zero attached hydrogens (tertiary/aromatic N) is 3. The molecule has 5 nitrogen and oxygen atoms in total. The third kappa shape index (κ3) is 3.04. The second-order valence-corrected chi connectivity index (χ2v) is 4.26. The van der Waals surface area contributed by atoms with Crippen LogP contribution >= 0.6 is 0 Å². The van der Waals surface area contributed by atoms with Crippen molar-refractivity contribution < 1.29 is 22.7 Å². The van der Waals surface area contributed by atoms with Gasteiger partial charge in [0.05, 0.1) is 24.7 Å². The molecule has 112 valence electrons. The first kappa shape index (κ1) is 15.0. The maximum absolute atomic E-state index is 13.2. The Morgan fingerprint density at radius 1 is 1.33 bits per heavy atom. The van der Waals surface area contributed by atoms with Crippen molar-refractivity contribution in [1.82, 2.24) is 14.8 Å². The number of pyridine rings is 1. The van der Waals surface area contributed by atoms with Crippen LogP contribution in [0.2, 0.25) is 0 Å². The zero-order valence-corrected chi connectivity index (χ0v) is 11.3. The van der Waals surface area contributed by atoms with Crippen LogP contribution in [0.1, 0.15) is 28.5 Å². The van der Waals surface area contributed by atoms with Gasteiger partial charge in [0.25, 0.3) is 0 Å². The lowest BCUT2D eigenvalue weighted by atomic mass is 10.2. The molecule has 0 aliphatic carbocycles. The molecule has 2 aromatic rings. The summed E-state index contributed by atoms with van der Waals surface area (Å²) in [6, 6.07) is 1.49. The third-order valence-corrected chi connectivity index (χ3v) is 2.64. The van der Waals surface area contributed by atoms with Crippen LogP contribution in [0.15, 0.2) is 24.7 Å². The van der Waals surface area contributed by atoms with Crippen molar-refractivity contribution in [3.63, 3.8) is 0 Å². The quantitative estimate of drug-likeness (QED) is 0.818. The lowest BCUT2D eigenvalue weighted by Gasteiger charge is -2.12. The van der Waals surface area contributed by atoms with Crippen LogP contribution in [0.5, 0.6) is 0 Å². The van der Waals surface area contributed by atoms with Crippen molar-refractivity contribution in [3.8, 4) is 5.69 Å². The number of carbonyl (C=O) groups excluding carboxylic acids is 1. The molecule has 0 aromatic carbocycles. The van der Waals surface area contributed by atoms with E-state index in [9.17, 15) is 18.0 Å². The number of carbonyl (C=O) groups is 1. The molecule has 2 aromatic heterocycles. The zero-order chi connectivity index (χ0) is 15.6. The summed E-state index contributed by atoms with van der Waals surface area (Å²) in [6.45, 7) is 3.19. The Kier molecular flexibility index (Phi) is 3.97. The molecule has 0 fully saturated rings. The van der Waals surface area contributed by atoms with Gasteiger partial charge in [-0.25, -0.2) is 9.48 Å². The van der Waals surface area contributed by atoms with Gasteiger partial charge in [0, 0.05) is 6.20 Å². The van der Waals surface area contributed by atoms with Crippen LogP contribution in [0, 0.1) is 6.92 Å². The van der Waals surface area contributed by atoms with Crippen molar-refractivity contribution in [2.24, 2.45) is 0 Å². The number of rotatable bonds is 3. The maximum Gasteiger partial charge on any atom is 0.434 e. The summed E-state index contributed by atoms with van der Waals surface area (Å²) in [6.07, 6.45) is -1.15. The third-order valence-electron chi connectivity index (χ3n) is 2.64. The van der Waals surface area contributed by atoms with Crippen molar-refractivity contribution in [2.75, 3.05) is 6.61 Å². The van der Waals surface area contributed by atoms with E-state index in [2.05, 4.69) is 14.8 Å². The Hall–Kier alpha value is -2.38. The van der Waals surface area contributed by atoms with Crippen LogP contribution in [-0.2, 0) is 10.9 Å². The van der Waals surface area contributed by atoms with Crippen molar-refractivity contribution in [3.05, 3.63) is 41.5 Å². The molecule has 0 saturated carbocycles. The molecule has 0 N–H and O–H groups in total. The number of aromatic nitrogens is 3. The second-order valence-electron chi connectivity index (χ2n) is 4.26. The van der Waals surface area contributed by atoms with Gasteiger partial charge >= 0.3 is 12.1 Å². The molecule has 0 aliphatic heterocycles. The summed E-state index contributed by atoms with van der Waals surface area (Å²) < 4.78 is 45.0. The lowest BCUT2D eigenvalue weighted by Crippen LogP contribution is -2.18. The summed E-state index contributed by atoms with van der Waals surface area (Å²) >= 11 is 0. The molecule has 2 rings (SSSR count). The SMILES string of the molecule is CCOC(=O)c1cnn(-c2cncc(C)c2)c1C(F)(F)F. The minimum atomic E-state index is -4.75. The van der Waals surface area contributed by atoms with E-state index in [4.69, 9.17) is 0 Å². The summed E-state index contributed by atoms with van der Waals surface area (Å²) in [4.78, 5) is 15.5. The molecule has 8 heteroatoms. The average molecular weight is 299 g/mol. The number of aryl methyl sites for hydroxylation is 1. The van der Waals surface area contributed by atoms with E-state index in [1.807, 2.05) is 0 Å².